The minimum atomic E-state index is -0.223. The van der Waals surface area contributed by atoms with Crippen molar-refractivity contribution in [3.63, 3.8) is 0 Å². The van der Waals surface area contributed by atoms with E-state index in [9.17, 15) is 4.79 Å². The van der Waals surface area contributed by atoms with Crippen molar-refractivity contribution in [1.29, 1.82) is 0 Å². The summed E-state index contributed by atoms with van der Waals surface area (Å²) >= 11 is 0. The molecule has 1 amide bonds. The van der Waals surface area contributed by atoms with E-state index in [1.165, 1.54) is 0 Å². The van der Waals surface area contributed by atoms with Crippen LogP contribution < -0.4 is 10.1 Å². The van der Waals surface area contributed by atoms with Gasteiger partial charge >= 0.3 is 0 Å². The third-order valence-electron chi connectivity index (χ3n) is 4.00. The number of aromatic nitrogens is 2. The number of hydrogen-bond acceptors (Lipinski definition) is 3. The van der Waals surface area contributed by atoms with Gasteiger partial charge in [-0.05, 0) is 62.6 Å². The van der Waals surface area contributed by atoms with Gasteiger partial charge in [-0.25, -0.2) is 4.68 Å². The second-order valence-corrected chi connectivity index (χ2v) is 6.53. The third kappa shape index (κ3) is 4.11. The Morgan fingerprint density at radius 2 is 1.73 bits per heavy atom. The molecule has 0 aliphatic heterocycles. The molecule has 5 nitrogen and oxygen atoms in total. The highest BCUT2D eigenvalue weighted by Gasteiger charge is 2.12. The Bertz CT molecular complexity index is 924. The first-order chi connectivity index (χ1) is 12.4. The largest absolute Gasteiger partial charge is 0.483 e. The fourth-order valence-electron chi connectivity index (χ4n) is 2.90. The minimum Gasteiger partial charge on any atom is -0.483 e. The second-order valence-electron chi connectivity index (χ2n) is 6.53. The smallest absolute Gasteiger partial charge is 0.263 e. The van der Waals surface area contributed by atoms with Gasteiger partial charge < -0.3 is 10.1 Å². The maximum Gasteiger partial charge on any atom is 0.263 e. The van der Waals surface area contributed by atoms with E-state index in [0.29, 0.717) is 11.6 Å². The number of benzene rings is 2. The summed E-state index contributed by atoms with van der Waals surface area (Å²) in [6, 6.07) is 15.7. The van der Waals surface area contributed by atoms with Crippen molar-refractivity contribution in [1.82, 2.24) is 9.78 Å². The van der Waals surface area contributed by atoms with Gasteiger partial charge in [0, 0.05) is 6.07 Å². The standard InChI is InChI=1S/C21H23N3O2/c1-14-9-15(2)11-18(10-14)24-20(12-17(4)23-24)22-21(25)13-26-19-8-6-5-7-16(19)3/h5-12H,13H2,1-4H3,(H,22,25). The number of rotatable bonds is 5. The number of ether oxygens (including phenoxy) is 1. The predicted octanol–water partition coefficient (Wildman–Crippen LogP) is 4.12. The SMILES string of the molecule is Cc1cc(C)cc(-n2nc(C)cc2NC(=O)COc2ccccc2C)c1. The van der Waals surface area contributed by atoms with Crippen molar-refractivity contribution in [2.45, 2.75) is 27.7 Å². The summed E-state index contributed by atoms with van der Waals surface area (Å²) in [4.78, 5) is 12.3. The predicted molar refractivity (Wildman–Crippen MR) is 103 cm³/mol. The van der Waals surface area contributed by atoms with Gasteiger partial charge in [0.05, 0.1) is 11.4 Å². The maximum absolute atomic E-state index is 12.3. The lowest BCUT2D eigenvalue weighted by Crippen LogP contribution is -2.22. The molecule has 0 saturated heterocycles. The monoisotopic (exact) mass is 349 g/mol. The highest BCUT2D eigenvalue weighted by molar-refractivity contribution is 5.91. The molecule has 1 N–H and O–H groups in total. The van der Waals surface area contributed by atoms with Crippen LogP contribution in [0.25, 0.3) is 5.69 Å². The normalized spacial score (nSPS) is 10.6. The molecule has 134 valence electrons. The number of nitrogens with one attached hydrogen (secondary N) is 1. The number of aryl methyl sites for hydroxylation is 4. The van der Waals surface area contributed by atoms with E-state index in [1.54, 1.807) is 4.68 Å². The topological polar surface area (TPSA) is 56.2 Å². The molecule has 3 rings (SSSR count). The fourth-order valence-corrected chi connectivity index (χ4v) is 2.90. The molecule has 0 spiro atoms. The van der Waals surface area contributed by atoms with Crippen LogP contribution in [0.4, 0.5) is 5.82 Å². The number of nitrogens with zero attached hydrogens (tertiary/aromatic N) is 2. The first kappa shape index (κ1) is 17.7. The molecule has 0 aliphatic rings. The van der Waals surface area contributed by atoms with Crippen molar-refractivity contribution < 1.29 is 9.53 Å². The molecule has 0 aliphatic carbocycles. The first-order valence-corrected chi connectivity index (χ1v) is 8.56. The number of carbonyl (C=O) groups is 1. The van der Waals surface area contributed by atoms with Crippen molar-refractivity contribution in [2.24, 2.45) is 0 Å². The van der Waals surface area contributed by atoms with E-state index in [2.05, 4.69) is 16.5 Å². The van der Waals surface area contributed by atoms with Crippen LogP contribution in [0.2, 0.25) is 0 Å². The molecular weight excluding hydrogens is 326 g/mol. The highest BCUT2D eigenvalue weighted by Crippen LogP contribution is 2.20. The van der Waals surface area contributed by atoms with Crippen LogP contribution >= 0.6 is 0 Å². The summed E-state index contributed by atoms with van der Waals surface area (Å²) in [7, 11) is 0. The molecule has 0 fully saturated rings. The number of carbonyl (C=O) groups excluding carboxylic acids is 1. The van der Waals surface area contributed by atoms with Crippen molar-refractivity contribution in [3.8, 4) is 11.4 Å². The van der Waals surface area contributed by atoms with Crippen LogP contribution in [-0.4, -0.2) is 22.3 Å². The molecule has 0 saturated carbocycles. The van der Waals surface area contributed by atoms with Crippen LogP contribution in [0.3, 0.4) is 0 Å². The summed E-state index contributed by atoms with van der Waals surface area (Å²) in [5, 5.41) is 7.40. The molecule has 1 heterocycles. The van der Waals surface area contributed by atoms with E-state index in [0.717, 1.165) is 28.1 Å². The summed E-state index contributed by atoms with van der Waals surface area (Å²) in [6.07, 6.45) is 0. The molecule has 3 aromatic rings. The van der Waals surface area contributed by atoms with E-state index < -0.39 is 0 Å². The van der Waals surface area contributed by atoms with Gasteiger partial charge in [-0.15, -0.1) is 0 Å². The average Bonchev–Trinajstić information content (AvgIpc) is 2.93. The van der Waals surface area contributed by atoms with Crippen molar-refractivity contribution in [2.75, 3.05) is 11.9 Å². The molecule has 26 heavy (non-hydrogen) atoms. The summed E-state index contributed by atoms with van der Waals surface area (Å²) < 4.78 is 7.37. The van der Waals surface area contributed by atoms with Gasteiger partial charge in [0.2, 0.25) is 0 Å². The number of para-hydroxylation sites is 1. The van der Waals surface area contributed by atoms with Crippen LogP contribution in [0.15, 0.2) is 48.5 Å². The van der Waals surface area contributed by atoms with Crippen LogP contribution in [0.5, 0.6) is 5.75 Å². The lowest BCUT2D eigenvalue weighted by molar-refractivity contribution is -0.118. The summed E-state index contributed by atoms with van der Waals surface area (Å²) in [6.45, 7) is 7.88. The Kier molecular flexibility index (Phi) is 5.07. The zero-order valence-electron chi connectivity index (χ0n) is 15.5. The first-order valence-electron chi connectivity index (χ1n) is 8.56. The van der Waals surface area contributed by atoms with Crippen molar-refractivity contribution >= 4 is 11.7 Å². The van der Waals surface area contributed by atoms with Crippen LogP contribution in [-0.2, 0) is 4.79 Å². The van der Waals surface area contributed by atoms with Gasteiger partial charge in [-0.1, -0.05) is 24.3 Å². The molecule has 5 heteroatoms. The van der Waals surface area contributed by atoms with Crippen LogP contribution in [0, 0.1) is 27.7 Å². The zero-order chi connectivity index (χ0) is 18.7. The van der Waals surface area contributed by atoms with Gasteiger partial charge in [-0.2, -0.15) is 5.10 Å². The number of hydrogen-bond donors (Lipinski definition) is 1. The Morgan fingerprint density at radius 3 is 2.42 bits per heavy atom. The van der Waals surface area contributed by atoms with E-state index in [1.807, 2.05) is 70.2 Å². The Hall–Kier alpha value is -3.08. The third-order valence-corrected chi connectivity index (χ3v) is 4.00. The average molecular weight is 349 g/mol. The molecule has 2 aromatic carbocycles. The van der Waals surface area contributed by atoms with Gasteiger partial charge in [-0.3, -0.25) is 4.79 Å². The Balaban J connectivity index is 1.76. The van der Waals surface area contributed by atoms with E-state index >= 15 is 0 Å². The highest BCUT2D eigenvalue weighted by atomic mass is 16.5. The van der Waals surface area contributed by atoms with E-state index in [-0.39, 0.29) is 12.5 Å². The molecule has 0 unspecified atom stereocenters. The quantitative estimate of drug-likeness (QED) is 0.754. The molecule has 0 bridgehead atoms. The lowest BCUT2D eigenvalue weighted by atomic mass is 10.1. The second kappa shape index (κ2) is 7.44. The Labute approximate surface area is 153 Å². The Morgan fingerprint density at radius 1 is 1.04 bits per heavy atom. The molecule has 0 atom stereocenters. The molecular formula is C21H23N3O2. The van der Waals surface area contributed by atoms with E-state index in [4.69, 9.17) is 4.74 Å². The fraction of sp³-hybridized carbons (Fsp3) is 0.238. The number of amides is 1. The molecule has 1 aromatic heterocycles. The minimum absolute atomic E-state index is 0.0536. The van der Waals surface area contributed by atoms with Gasteiger partial charge in [0.1, 0.15) is 11.6 Å². The zero-order valence-corrected chi connectivity index (χ0v) is 15.5. The number of anilines is 1. The molecule has 0 radical (unpaired) electrons. The summed E-state index contributed by atoms with van der Waals surface area (Å²) in [5.74, 6) is 1.12. The lowest BCUT2D eigenvalue weighted by Gasteiger charge is -2.12. The van der Waals surface area contributed by atoms with Crippen LogP contribution in [0.1, 0.15) is 22.4 Å². The van der Waals surface area contributed by atoms with Crippen molar-refractivity contribution in [3.05, 3.63) is 70.9 Å². The summed E-state index contributed by atoms with van der Waals surface area (Å²) in [5.41, 5.74) is 5.04. The van der Waals surface area contributed by atoms with Gasteiger partial charge in [0.25, 0.3) is 5.91 Å². The maximum atomic E-state index is 12.3. The van der Waals surface area contributed by atoms with Gasteiger partial charge in [0.15, 0.2) is 6.61 Å².